The van der Waals surface area contributed by atoms with Crippen molar-refractivity contribution >= 4 is 19.7 Å². The van der Waals surface area contributed by atoms with Gasteiger partial charge in [0.05, 0.1) is 33.8 Å². The molecule has 0 fully saturated rings. The second-order valence-electron chi connectivity index (χ2n) is 12.8. The van der Waals surface area contributed by atoms with Crippen LogP contribution in [0, 0.1) is 13.8 Å². The van der Waals surface area contributed by atoms with Gasteiger partial charge >= 0.3 is 0 Å². The topological polar surface area (TPSA) is 96.0 Å². The summed E-state index contributed by atoms with van der Waals surface area (Å²) in [5.41, 5.74) is 4.21. The lowest BCUT2D eigenvalue weighted by atomic mass is 9.78. The van der Waals surface area contributed by atoms with Crippen molar-refractivity contribution in [3.8, 4) is 23.0 Å². The van der Waals surface area contributed by atoms with Crippen LogP contribution in [-0.2, 0) is 25.1 Å². The van der Waals surface area contributed by atoms with Crippen LogP contribution in [0.2, 0.25) is 0 Å². The molecule has 6 aromatic carbocycles. The number of hydrogen-bond donors (Lipinski definition) is 0. The fraction of sp³-hybridized carbons (Fsp3) is 0.163. The first-order valence-electron chi connectivity index (χ1n) is 16.5. The molecule has 0 spiro atoms. The molecule has 0 saturated heterocycles. The van der Waals surface area contributed by atoms with E-state index in [0.717, 1.165) is 22.4 Å². The average molecular weight is 735 g/mol. The molecule has 0 aromatic heterocycles. The van der Waals surface area contributed by atoms with Gasteiger partial charge in [-0.05, 0) is 122 Å². The highest BCUT2D eigenvalue weighted by molar-refractivity contribution is 7.91. The maximum Gasteiger partial charge on any atom is 0.206 e. The van der Waals surface area contributed by atoms with Crippen molar-refractivity contribution in [2.75, 3.05) is 14.2 Å². The van der Waals surface area contributed by atoms with Gasteiger partial charge in [0, 0.05) is 5.41 Å². The number of benzene rings is 6. The summed E-state index contributed by atoms with van der Waals surface area (Å²) in [6.45, 7) is 8.20. The van der Waals surface area contributed by atoms with Crippen LogP contribution in [0.5, 0.6) is 23.0 Å². The lowest BCUT2D eigenvalue weighted by Gasteiger charge is -2.26. The van der Waals surface area contributed by atoms with Gasteiger partial charge in [0.25, 0.3) is 0 Å². The van der Waals surface area contributed by atoms with Crippen LogP contribution >= 0.6 is 0 Å². The molecule has 6 rings (SSSR count). The Hall–Kier alpha value is -5.38. The summed E-state index contributed by atoms with van der Waals surface area (Å²) in [5.74, 6) is 2.73. The van der Waals surface area contributed by atoms with Gasteiger partial charge in [0.1, 0.15) is 23.0 Å². The number of aryl methyl sites for hydroxylation is 2. The van der Waals surface area contributed by atoms with E-state index >= 15 is 0 Å². The summed E-state index contributed by atoms with van der Waals surface area (Å²) in [7, 11) is -3.79. The lowest BCUT2D eigenvalue weighted by molar-refractivity contribution is 0.414. The fourth-order valence-electron chi connectivity index (χ4n) is 5.40. The van der Waals surface area contributed by atoms with Crippen LogP contribution in [0.3, 0.4) is 0 Å². The van der Waals surface area contributed by atoms with Crippen LogP contribution in [-0.4, -0.2) is 31.1 Å². The molecule has 0 heterocycles. The van der Waals surface area contributed by atoms with Gasteiger partial charge < -0.3 is 14.2 Å². The van der Waals surface area contributed by atoms with E-state index in [1.807, 2.05) is 38.1 Å². The first-order chi connectivity index (χ1) is 24.7. The van der Waals surface area contributed by atoms with Crippen LogP contribution in [0.15, 0.2) is 165 Å². The van der Waals surface area contributed by atoms with E-state index in [1.54, 1.807) is 111 Å². The summed E-state index contributed by atoms with van der Waals surface area (Å²) in [5, 5.41) is 0. The van der Waals surface area contributed by atoms with E-state index in [9.17, 15) is 16.8 Å². The molecule has 0 aliphatic rings. The monoisotopic (exact) mass is 734 g/mol. The molecule has 0 atom stereocenters. The Bertz CT molecular complexity index is 2300. The van der Waals surface area contributed by atoms with Crippen molar-refractivity contribution in [3.05, 3.63) is 168 Å². The van der Waals surface area contributed by atoms with Crippen LogP contribution < -0.4 is 14.2 Å². The first kappa shape index (κ1) is 37.9. The molecule has 268 valence electrons. The molecule has 6 aromatic rings. The third-order valence-electron chi connectivity index (χ3n) is 8.79. The second kappa shape index (κ2) is 15.9. The maximum atomic E-state index is 12.9. The van der Waals surface area contributed by atoms with E-state index in [2.05, 4.69) is 38.1 Å². The first-order valence-corrected chi connectivity index (χ1v) is 19.5. The molecular formula is C43H42O7S2. The second-order valence-corrected chi connectivity index (χ2v) is 16.7. The Morgan fingerprint density at radius 1 is 0.385 bits per heavy atom. The number of rotatable bonds is 10. The fourth-order valence-corrected chi connectivity index (χ4v) is 7.92. The number of hydrogen-bond acceptors (Lipinski definition) is 7. The maximum absolute atomic E-state index is 12.9. The van der Waals surface area contributed by atoms with Crippen molar-refractivity contribution in [1.29, 1.82) is 0 Å². The van der Waals surface area contributed by atoms with E-state index in [0.29, 0.717) is 22.1 Å². The molecule has 0 N–H and O–H groups in total. The largest absolute Gasteiger partial charge is 0.497 e. The molecule has 0 radical (unpaired) electrons. The lowest BCUT2D eigenvalue weighted by Crippen LogP contribution is -2.18. The number of sulfone groups is 2. The zero-order chi connectivity index (χ0) is 37.5. The van der Waals surface area contributed by atoms with E-state index in [-0.39, 0.29) is 20.1 Å². The average Bonchev–Trinajstić information content (AvgIpc) is 3.16. The van der Waals surface area contributed by atoms with Gasteiger partial charge in [-0.15, -0.1) is 0 Å². The van der Waals surface area contributed by atoms with Gasteiger partial charge in [0.15, 0.2) is 0 Å². The van der Waals surface area contributed by atoms with Crippen molar-refractivity contribution in [2.45, 2.75) is 52.7 Å². The Morgan fingerprint density at radius 3 is 0.942 bits per heavy atom. The minimum absolute atomic E-state index is 0.184. The Morgan fingerprint density at radius 2 is 0.635 bits per heavy atom. The van der Waals surface area contributed by atoms with Crippen molar-refractivity contribution in [1.82, 2.24) is 0 Å². The summed E-state index contributed by atoms with van der Waals surface area (Å²) >= 11 is 0. The molecule has 52 heavy (non-hydrogen) atoms. The number of methoxy groups -OCH3 is 2. The summed E-state index contributed by atoms with van der Waals surface area (Å²) < 4.78 is 66.5. The smallest absolute Gasteiger partial charge is 0.206 e. The zero-order valence-corrected chi connectivity index (χ0v) is 31.7. The zero-order valence-electron chi connectivity index (χ0n) is 30.0. The molecule has 0 unspecified atom stereocenters. The van der Waals surface area contributed by atoms with Gasteiger partial charge in [-0.3, -0.25) is 0 Å². The molecule has 0 saturated carbocycles. The Balaban J connectivity index is 0.000000244. The highest BCUT2D eigenvalue weighted by Crippen LogP contribution is 2.34. The summed E-state index contributed by atoms with van der Waals surface area (Å²) in [6.07, 6.45) is 0. The van der Waals surface area contributed by atoms with Crippen LogP contribution in [0.1, 0.15) is 36.1 Å². The third-order valence-corrected chi connectivity index (χ3v) is 12.4. The minimum Gasteiger partial charge on any atom is -0.497 e. The minimum atomic E-state index is -3.56. The van der Waals surface area contributed by atoms with Gasteiger partial charge in [-0.2, -0.15) is 0 Å². The SMILES string of the molecule is COc1ccc(C(C)(C)c2ccc(Oc3ccc(S(=O)(=O)c4ccc(C)cc4)cc3)cc2)cc1.COc1ccc(S(=O)(=O)c2ccc(C)cc2)cc1. The normalized spacial score (nSPS) is 11.6. The van der Waals surface area contributed by atoms with Crippen LogP contribution in [0.25, 0.3) is 0 Å². The van der Waals surface area contributed by atoms with Gasteiger partial charge in [-0.25, -0.2) is 16.8 Å². The highest BCUT2D eigenvalue weighted by Gasteiger charge is 2.23. The quantitative estimate of drug-likeness (QED) is 0.138. The van der Waals surface area contributed by atoms with Gasteiger partial charge in [0.2, 0.25) is 19.7 Å². The van der Waals surface area contributed by atoms with Crippen molar-refractivity contribution in [3.63, 3.8) is 0 Å². The molecule has 9 heteroatoms. The van der Waals surface area contributed by atoms with E-state index in [4.69, 9.17) is 14.2 Å². The Labute approximate surface area is 307 Å². The molecule has 0 amide bonds. The number of ether oxygens (including phenoxy) is 3. The summed E-state index contributed by atoms with van der Waals surface area (Å²) in [4.78, 5) is 1.09. The van der Waals surface area contributed by atoms with E-state index < -0.39 is 19.7 Å². The molecule has 0 aliphatic heterocycles. The van der Waals surface area contributed by atoms with Gasteiger partial charge in [-0.1, -0.05) is 73.5 Å². The van der Waals surface area contributed by atoms with Crippen molar-refractivity contribution < 1.29 is 31.0 Å². The predicted molar refractivity (Wildman–Crippen MR) is 204 cm³/mol. The molecular weight excluding hydrogens is 693 g/mol. The predicted octanol–water partition coefficient (Wildman–Crippen LogP) is 9.79. The molecule has 0 aliphatic carbocycles. The molecule has 0 bridgehead atoms. The van der Waals surface area contributed by atoms with E-state index in [1.165, 1.54) is 5.56 Å². The standard InChI is InChI=1S/C29H28O4S.C14H14O3S/c1-21-5-17-27(18-6-21)34(30,31)28-19-15-26(16-20-28)33-25-13-9-23(10-14-25)29(2,3)22-7-11-24(32-4)12-8-22;1-11-3-7-13(8-4-11)18(15,16)14-9-5-12(17-2)6-10-14/h5-20H,1-4H3;3-10H,1-2H3. The van der Waals surface area contributed by atoms with Crippen molar-refractivity contribution in [2.24, 2.45) is 0 Å². The Kier molecular flexibility index (Phi) is 11.6. The highest BCUT2D eigenvalue weighted by atomic mass is 32.2. The summed E-state index contributed by atoms with van der Waals surface area (Å²) in [6, 6.07) is 42.6. The van der Waals surface area contributed by atoms with Crippen LogP contribution in [0.4, 0.5) is 0 Å². The third kappa shape index (κ3) is 8.73. The molecule has 7 nitrogen and oxygen atoms in total.